The van der Waals surface area contributed by atoms with Crippen molar-refractivity contribution in [1.29, 1.82) is 0 Å². The maximum atomic E-state index is 13.4. The number of rotatable bonds is 7. The molecule has 0 aliphatic heterocycles. The van der Waals surface area contributed by atoms with Crippen LogP contribution in [0.15, 0.2) is 66.7 Å². The summed E-state index contributed by atoms with van der Waals surface area (Å²) in [7, 11) is 0. The minimum atomic E-state index is -1.38. The molecule has 1 aliphatic carbocycles. The zero-order chi connectivity index (χ0) is 22.5. The third-order valence-electron chi connectivity index (χ3n) is 7.09. The molecule has 0 spiro atoms. The Morgan fingerprint density at radius 3 is 2.03 bits per heavy atom. The summed E-state index contributed by atoms with van der Waals surface area (Å²) in [4.78, 5) is 0. The topological polar surface area (TPSA) is 0 Å². The van der Waals surface area contributed by atoms with Gasteiger partial charge in [0.15, 0.2) is 17.5 Å². The van der Waals surface area contributed by atoms with Crippen LogP contribution >= 0.6 is 0 Å². The quantitative estimate of drug-likeness (QED) is 0.326. The smallest absolute Gasteiger partial charge is 0.194 e. The van der Waals surface area contributed by atoms with Gasteiger partial charge in [-0.15, -0.1) is 0 Å². The third kappa shape index (κ3) is 5.62. The van der Waals surface area contributed by atoms with E-state index in [4.69, 9.17) is 0 Å². The second kappa shape index (κ2) is 10.4. The number of halogens is 3. The van der Waals surface area contributed by atoms with E-state index in [1.54, 1.807) is 0 Å². The summed E-state index contributed by atoms with van der Waals surface area (Å²) in [6.45, 7) is 2.28. The van der Waals surface area contributed by atoms with Crippen molar-refractivity contribution in [3.63, 3.8) is 0 Å². The molecule has 32 heavy (non-hydrogen) atoms. The van der Waals surface area contributed by atoms with E-state index in [9.17, 15) is 13.2 Å². The number of benzene rings is 3. The lowest BCUT2D eigenvalue weighted by Crippen LogP contribution is -2.14. The molecule has 0 radical (unpaired) electrons. The van der Waals surface area contributed by atoms with Crippen molar-refractivity contribution in [2.24, 2.45) is 5.92 Å². The highest BCUT2D eigenvalue weighted by molar-refractivity contribution is 5.28. The van der Waals surface area contributed by atoms with Gasteiger partial charge in [-0.2, -0.15) is 0 Å². The van der Waals surface area contributed by atoms with Crippen molar-refractivity contribution in [2.45, 2.75) is 63.7 Å². The summed E-state index contributed by atoms with van der Waals surface area (Å²) in [5, 5.41) is 0. The van der Waals surface area contributed by atoms with E-state index in [0.717, 1.165) is 50.7 Å². The first-order valence-corrected chi connectivity index (χ1v) is 11.8. The van der Waals surface area contributed by atoms with Gasteiger partial charge < -0.3 is 0 Å². The predicted octanol–water partition coefficient (Wildman–Crippen LogP) is 8.36. The summed E-state index contributed by atoms with van der Waals surface area (Å²) < 4.78 is 40.0. The molecular formula is C29H31F3. The van der Waals surface area contributed by atoms with E-state index < -0.39 is 17.5 Å². The van der Waals surface area contributed by atoms with E-state index in [0.29, 0.717) is 29.7 Å². The molecular weight excluding hydrogens is 405 g/mol. The molecule has 0 amide bonds. The molecule has 168 valence electrons. The Bertz CT molecular complexity index is 979. The Kier molecular flexibility index (Phi) is 7.34. The van der Waals surface area contributed by atoms with Gasteiger partial charge in [-0.3, -0.25) is 0 Å². The van der Waals surface area contributed by atoms with Gasteiger partial charge in [-0.25, -0.2) is 13.2 Å². The minimum Gasteiger partial charge on any atom is -0.204 e. The standard InChI is InChI=1S/C29H31F3/c1-20(24-5-3-2-4-6-24)17-22-11-15-26(16-12-22)25-13-9-21(10-14-25)7-8-23-18-27(30)29(32)28(31)19-23/h2-6,11-12,15-16,18-21,25H,7-10,13-14,17H2,1H3/t20-,21?,25?/m0/s1. The Labute approximate surface area is 189 Å². The van der Waals surface area contributed by atoms with Crippen molar-refractivity contribution in [1.82, 2.24) is 0 Å². The monoisotopic (exact) mass is 436 g/mol. The van der Waals surface area contributed by atoms with Crippen molar-refractivity contribution in [3.05, 3.63) is 106 Å². The van der Waals surface area contributed by atoms with Crippen LogP contribution in [0.4, 0.5) is 13.2 Å². The highest BCUT2D eigenvalue weighted by Crippen LogP contribution is 2.38. The van der Waals surface area contributed by atoms with Crippen LogP contribution in [0.2, 0.25) is 0 Å². The Balaban J connectivity index is 1.26. The molecule has 0 N–H and O–H groups in total. The third-order valence-corrected chi connectivity index (χ3v) is 7.09. The van der Waals surface area contributed by atoms with E-state index >= 15 is 0 Å². The van der Waals surface area contributed by atoms with Gasteiger partial charge in [0, 0.05) is 0 Å². The first-order chi connectivity index (χ1) is 15.5. The largest absolute Gasteiger partial charge is 0.204 e. The van der Waals surface area contributed by atoms with Crippen LogP contribution in [-0.2, 0) is 12.8 Å². The maximum Gasteiger partial charge on any atom is 0.194 e. The molecule has 1 atom stereocenters. The van der Waals surface area contributed by atoms with Crippen LogP contribution in [0.5, 0.6) is 0 Å². The van der Waals surface area contributed by atoms with Gasteiger partial charge in [-0.1, -0.05) is 61.5 Å². The molecule has 0 saturated heterocycles. The highest BCUT2D eigenvalue weighted by atomic mass is 19.2. The van der Waals surface area contributed by atoms with Crippen molar-refractivity contribution in [2.75, 3.05) is 0 Å². The van der Waals surface area contributed by atoms with Crippen molar-refractivity contribution >= 4 is 0 Å². The first kappa shape index (κ1) is 22.6. The van der Waals surface area contributed by atoms with Gasteiger partial charge in [-0.05, 0) is 97.1 Å². The molecule has 1 aliphatic rings. The van der Waals surface area contributed by atoms with Crippen LogP contribution in [0.25, 0.3) is 0 Å². The van der Waals surface area contributed by atoms with E-state index in [-0.39, 0.29) is 0 Å². The van der Waals surface area contributed by atoms with Crippen LogP contribution in [0.1, 0.15) is 73.1 Å². The average molecular weight is 437 g/mol. The normalized spacial score (nSPS) is 19.6. The molecule has 3 aromatic rings. The highest BCUT2D eigenvalue weighted by Gasteiger charge is 2.22. The fourth-order valence-electron chi connectivity index (χ4n) is 5.09. The van der Waals surface area contributed by atoms with E-state index in [1.807, 2.05) is 0 Å². The lowest BCUT2D eigenvalue weighted by atomic mass is 9.76. The molecule has 1 fully saturated rings. The molecule has 3 aromatic carbocycles. The van der Waals surface area contributed by atoms with Crippen molar-refractivity contribution in [3.8, 4) is 0 Å². The fraction of sp³-hybridized carbons (Fsp3) is 0.379. The Morgan fingerprint density at radius 1 is 0.781 bits per heavy atom. The second-order valence-electron chi connectivity index (χ2n) is 9.39. The fourth-order valence-corrected chi connectivity index (χ4v) is 5.09. The molecule has 0 bridgehead atoms. The van der Waals surface area contributed by atoms with Crippen LogP contribution in [0, 0.1) is 23.4 Å². The SMILES string of the molecule is C[C@@H](Cc1ccc(C2CCC(CCc3cc(F)c(F)c(F)c3)CC2)cc1)c1ccccc1. The van der Waals surface area contributed by atoms with Crippen LogP contribution in [0.3, 0.4) is 0 Å². The number of hydrogen-bond acceptors (Lipinski definition) is 0. The van der Waals surface area contributed by atoms with Gasteiger partial charge in [0.2, 0.25) is 0 Å². The molecule has 0 unspecified atom stereocenters. The van der Waals surface area contributed by atoms with E-state index in [1.165, 1.54) is 16.7 Å². The van der Waals surface area contributed by atoms with Crippen LogP contribution < -0.4 is 0 Å². The Morgan fingerprint density at radius 2 is 1.41 bits per heavy atom. The van der Waals surface area contributed by atoms with Gasteiger partial charge in [0.1, 0.15) is 0 Å². The summed E-state index contributed by atoms with van der Waals surface area (Å²) in [6.07, 6.45) is 7.09. The maximum absolute atomic E-state index is 13.4. The molecule has 0 aromatic heterocycles. The summed E-state index contributed by atoms with van der Waals surface area (Å²) in [6, 6.07) is 22.0. The number of hydrogen-bond donors (Lipinski definition) is 0. The molecule has 4 rings (SSSR count). The van der Waals surface area contributed by atoms with Crippen molar-refractivity contribution < 1.29 is 13.2 Å². The first-order valence-electron chi connectivity index (χ1n) is 11.8. The zero-order valence-corrected chi connectivity index (χ0v) is 18.7. The van der Waals surface area contributed by atoms with Gasteiger partial charge in [0.25, 0.3) is 0 Å². The van der Waals surface area contributed by atoms with E-state index in [2.05, 4.69) is 61.5 Å². The summed E-state index contributed by atoms with van der Waals surface area (Å²) in [5.41, 5.74) is 4.71. The summed E-state index contributed by atoms with van der Waals surface area (Å²) in [5.74, 6) is -1.91. The Hall–Kier alpha value is -2.55. The lowest BCUT2D eigenvalue weighted by Gasteiger charge is -2.29. The predicted molar refractivity (Wildman–Crippen MR) is 124 cm³/mol. The second-order valence-corrected chi connectivity index (χ2v) is 9.39. The van der Waals surface area contributed by atoms with Crippen LogP contribution in [-0.4, -0.2) is 0 Å². The molecule has 1 saturated carbocycles. The zero-order valence-electron chi connectivity index (χ0n) is 18.7. The van der Waals surface area contributed by atoms with Gasteiger partial charge >= 0.3 is 0 Å². The average Bonchev–Trinajstić information content (AvgIpc) is 2.82. The molecule has 0 nitrogen and oxygen atoms in total. The molecule has 0 heterocycles. The lowest BCUT2D eigenvalue weighted by molar-refractivity contribution is 0.310. The van der Waals surface area contributed by atoms with Gasteiger partial charge in [0.05, 0.1) is 0 Å². The number of aryl methyl sites for hydroxylation is 1. The summed E-state index contributed by atoms with van der Waals surface area (Å²) >= 11 is 0. The molecule has 3 heteroatoms. The minimum absolute atomic E-state index is 0.501.